The highest BCUT2D eigenvalue weighted by Gasteiger charge is 2.16. The third-order valence-corrected chi connectivity index (χ3v) is 4.86. The molecule has 1 N–H and O–H groups in total. The van der Waals surface area contributed by atoms with E-state index in [0.717, 1.165) is 30.2 Å². The van der Waals surface area contributed by atoms with Crippen LogP contribution in [0.3, 0.4) is 0 Å². The van der Waals surface area contributed by atoms with Gasteiger partial charge in [0.1, 0.15) is 5.82 Å². The van der Waals surface area contributed by atoms with Gasteiger partial charge in [-0.3, -0.25) is 0 Å². The quantitative estimate of drug-likeness (QED) is 0.556. The molecule has 3 nitrogen and oxygen atoms in total. The maximum atomic E-state index is 4.73. The second kappa shape index (κ2) is 6.19. The molecule has 0 aliphatic carbocycles. The van der Waals surface area contributed by atoms with Crippen molar-refractivity contribution in [3.8, 4) is 11.4 Å². The predicted octanol–water partition coefficient (Wildman–Crippen LogP) is 5.22. The summed E-state index contributed by atoms with van der Waals surface area (Å²) in [6, 6.07) is 25.5. The zero-order valence-corrected chi connectivity index (χ0v) is 14.4. The van der Waals surface area contributed by atoms with Crippen LogP contribution in [0.15, 0.2) is 79.0 Å². The standard InChI is InChI=1S/C23H19N3/c1-2-7-19(8-3-1)23-24-21-12-13-26(16-22(21)25-23)15-17-10-11-18-6-4-5-9-20(18)14-17/h1-14H,15-16H2,(H,24,25). The van der Waals surface area contributed by atoms with E-state index in [1.807, 2.05) is 18.2 Å². The average molecular weight is 337 g/mol. The van der Waals surface area contributed by atoms with Crippen LogP contribution in [-0.4, -0.2) is 14.9 Å². The maximum Gasteiger partial charge on any atom is 0.138 e. The average Bonchev–Trinajstić information content (AvgIpc) is 3.12. The minimum atomic E-state index is 0.846. The van der Waals surface area contributed by atoms with Gasteiger partial charge in [-0.15, -0.1) is 0 Å². The molecular weight excluding hydrogens is 318 g/mol. The molecule has 0 amide bonds. The van der Waals surface area contributed by atoms with Crippen molar-refractivity contribution < 1.29 is 0 Å². The van der Waals surface area contributed by atoms with Crippen molar-refractivity contribution in [2.24, 2.45) is 0 Å². The number of hydrogen-bond acceptors (Lipinski definition) is 2. The molecule has 0 saturated heterocycles. The smallest absolute Gasteiger partial charge is 0.138 e. The molecule has 0 fully saturated rings. The highest BCUT2D eigenvalue weighted by molar-refractivity contribution is 5.83. The molecule has 0 spiro atoms. The van der Waals surface area contributed by atoms with Crippen LogP contribution in [0.5, 0.6) is 0 Å². The molecular formula is C23H19N3. The number of nitrogens with one attached hydrogen (secondary N) is 1. The van der Waals surface area contributed by atoms with E-state index in [4.69, 9.17) is 4.98 Å². The summed E-state index contributed by atoms with van der Waals surface area (Å²) in [5.74, 6) is 0.938. The highest BCUT2D eigenvalue weighted by atomic mass is 15.1. The Hall–Kier alpha value is -3.33. The number of benzene rings is 3. The number of aromatic amines is 1. The number of hydrogen-bond donors (Lipinski definition) is 1. The zero-order valence-electron chi connectivity index (χ0n) is 14.4. The Morgan fingerprint density at radius 2 is 1.69 bits per heavy atom. The van der Waals surface area contributed by atoms with Crippen LogP contribution in [0.1, 0.15) is 17.0 Å². The Kier molecular flexibility index (Phi) is 3.56. The molecule has 0 atom stereocenters. The van der Waals surface area contributed by atoms with Gasteiger partial charge in [0.05, 0.1) is 17.9 Å². The largest absolute Gasteiger partial charge is 0.367 e. The molecule has 2 heterocycles. The Labute approximate surface area is 152 Å². The molecule has 5 rings (SSSR count). The van der Waals surface area contributed by atoms with Crippen LogP contribution in [0.4, 0.5) is 0 Å². The number of fused-ring (bicyclic) bond motifs is 2. The Bertz CT molecular complexity index is 1090. The Morgan fingerprint density at radius 1 is 0.885 bits per heavy atom. The van der Waals surface area contributed by atoms with Crippen molar-refractivity contribution in [3.63, 3.8) is 0 Å². The fourth-order valence-corrected chi connectivity index (χ4v) is 3.53. The van der Waals surface area contributed by atoms with Gasteiger partial charge in [0.25, 0.3) is 0 Å². The molecule has 126 valence electrons. The molecule has 26 heavy (non-hydrogen) atoms. The number of imidazole rings is 1. The van der Waals surface area contributed by atoms with E-state index in [-0.39, 0.29) is 0 Å². The summed E-state index contributed by atoms with van der Waals surface area (Å²) in [5, 5.41) is 2.58. The van der Waals surface area contributed by atoms with Crippen LogP contribution in [0, 0.1) is 0 Å². The van der Waals surface area contributed by atoms with Gasteiger partial charge < -0.3 is 9.88 Å². The lowest BCUT2D eigenvalue weighted by molar-refractivity contribution is 0.355. The molecule has 1 aliphatic rings. The summed E-state index contributed by atoms with van der Waals surface area (Å²) >= 11 is 0. The zero-order chi connectivity index (χ0) is 17.3. The van der Waals surface area contributed by atoms with Crippen molar-refractivity contribution in [2.45, 2.75) is 13.1 Å². The summed E-state index contributed by atoms with van der Waals surface area (Å²) in [7, 11) is 0. The van der Waals surface area contributed by atoms with Crippen LogP contribution in [0.25, 0.3) is 28.2 Å². The van der Waals surface area contributed by atoms with Crippen molar-refractivity contribution in [1.29, 1.82) is 0 Å². The summed E-state index contributed by atoms with van der Waals surface area (Å²) in [5.41, 5.74) is 4.65. The van der Waals surface area contributed by atoms with Crippen molar-refractivity contribution in [3.05, 3.63) is 95.9 Å². The number of nitrogens with zero attached hydrogens (tertiary/aromatic N) is 2. The van der Waals surface area contributed by atoms with Gasteiger partial charge in [-0.1, -0.05) is 66.7 Å². The fourth-order valence-electron chi connectivity index (χ4n) is 3.53. The van der Waals surface area contributed by atoms with E-state index in [0.29, 0.717) is 0 Å². The molecule has 3 heteroatoms. The van der Waals surface area contributed by atoms with E-state index in [2.05, 4.69) is 76.8 Å². The molecule has 4 aromatic rings. The third kappa shape index (κ3) is 2.78. The minimum absolute atomic E-state index is 0.846. The lowest BCUT2D eigenvalue weighted by Crippen LogP contribution is -2.19. The first-order valence-corrected chi connectivity index (χ1v) is 8.89. The van der Waals surface area contributed by atoms with Crippen molar-refractivity contribution in [1.82, 2.24) is 14.9 Å². The monoisotopic (exact) mass is 337 g/mol. The van der Waals surface area contributed by atoms with Crippen LogP contribution in [0.2, 0.25) is 0 Å². The lowest BCUT2D eigenvalue weighted by Gasteiger charge is -2.23. The van der Waals surface area contributed by atoms with Crippen molar-refractivity contribution in [2.75, 3.05) is 0 Å². The summed E-state index contributed by atoms with van der Waals surface area (Å²) < 4.78 is 0. The first-order chi connectivity index (χ1) is 12.8. The lowest BCUT2D eigenvalue weighted by atomic mass is 10.1. The molecule has 0 bridgehead atoms. The molecule has 1 aliphatic heterocycles. The second-order valence-corrected chi connectivity index (χ2v) is 6.72. The van der Waals surface area contributed by atoms with Gasteiger partial charge in [0.15, 0.2) is 0 Å². The second-order valence-electron chi connectivity index (χ2n) is 6.72. The molecule has 3 aromatic carbocycles. The minimum Gasteiger partial charge on any atom is -0.367 e. The Morgan fingerprint density at radius 3 is 2.58 bits per heavy atom. The first kappa shape index (κ1) is 15.0. The van der Waals surface area contributed by atoms with Gasteiger partial charge in [-0.2, -0.15) is 0 Å². The fraction of sp³-hybridized carbons (Fsp3) is 0.0870. The molecule has 0 radical (unpaired) electrons. The number of H-pyrrole nitrogens is 1. The number of aromatic nitrogens is 2. The molecule has 0 unspecified atom stereocenters. The van der Waals surface area contributed by atoms with E-state index < -0.39 is 0 Å². The van der Waals surface area contributed by atoms with Gasteiger partial charge >= 0.3 is 0 Å². The summed E-state index contributed by atoms with van der Waals surface area (Å²) in [4.78, 5) is 10.5. The van der Waals surface area contributed by atoms with Gasteiger partial charge in [-0.05, 0) is 28.5 Å². The van der Waals surface area contributed by atoms with E-state index in [1.165, 1.54) is 22.0 Å². The van der Waals surface area contributed by atoms with Gasteiger partial charge in [-0.25, -0.2) is 4.98 Å². The van der Waals surface area contributed by atoms with Crippen LogP contribution in [-0.2, 0) is 13.1 Å². The van der Waals surface area contributed by atoms with E-state index in [9.17, 15) is 0 Å². The summed E-state index contributed by atoms with van der Waals surface area (Å²) in [6.07, 6.45) is 4.25. The topological polar surface area (TPSA) is 31.9 Å². The van der Waals surface area contributed by atoms with Crippen LogP contribution < -0.4 is 0 Å². The first-order valence-electron chi connectivity index (χ1n) is 8.89. The molecule has 0 saturated carbocycles. The van der Waals surface area contributed by atoms with Gasteiger partial charge in [0.2, 0.25) is 0 Å². The number of rotatable bonds is 3. The van der Waals surface area contributed by atoms with Crippen LogP contribution >= 0.6 is 0 Å². The molecule has 1 aromatic heterocycles. The highest BCUT2D eigenvalue weighted by Crippen LogP contribution is 2.25. The predicted molar refractivity (Wildman–Crippen MR) is 106 cm³/mol. The normalized spacial score (nSPS) is 13.2. The Balaban J connectivity index is 1.37. The SMILES string of the molecule is C1=CN(Cc2ccc3ccccc3c2)Cc2[nH]c(-c3ccccc3)nc21. The van der Waals surface area contributed by atoms with E-state index >= 15 is 0 Å². The van der Waals surface area contributed by atoms with Gasteiger partial charge in [0, 0.05) is 18.3 Å². The summed E-state index contributed by atoms with van der Waals surface area (Å²) in [6.45, 7) is 1.74. The maximum absolute atomic E-state index is 4.73. The third-order valence-electron chi connectivity index (χ3n) is 4.86. The van der Waals surface area contributed by atoms with E-state index in [1.54, 1.807) is 0 Å². The van der Waals surface area contributed by atoms with Crippen molar-refractivity contribution >= 4 is 16.8 Å².